The predicted molar refractivity (Wildman–Crippen MR) is 68.4 cm³/mol. The van der Waals surface area contributed by atoms with Crippen LogP contribution in [-0.2, 0) is 6.18 Å². The number of halogens is 6. The Labute approximate surface area is 120 Å². The molecule has 0 N–H and O–H groups in total. The summed E-state index contributed by atoms with van der Waals surface area (Å²) < 4.78 is 51.4. The third-order valence-corrected chi connectivity index (χ3v) is 4.48. The smallest absolute Gasteiger partial charge is 0.207 e. The van der Waals surface area contributed by atoms with Crippen molar-refractivity contribution < 1.29 is 17.6 Å². The zero-order chi connectivity index (χ0) is 14.2. The van der Waals surface area contributed by atoms with Crippen LogP contribution in [0.5, 0.6) is 0 Å². The fourth-order valence-electron chi connectivity index (χ4n) is 1.54. The number of benzene rings is 1. The maximum absolute atomic E-state index is 13.6. The molecule has 7 heteroatoms. The van der Waals surface area contributed by atoms with Crippen molar-refractivity contribution in [2.75, 3.05) is 0 Å². The molecular weight excluding hydrogens is 323 g/mol. The molecule has 0 saturated carbocycles. The first-order valence-corrected chi connectivity index (χ1v) is 6.73. The van der Waals surface area contributed by atoms with Gasteiger partial charge in [-0.15, -0.1) is 22.9 Å². The van der Waals surface area contributed by atoms with Gasteiger partial charge in [-0.1, -0.05) is 11.6 Å². The van der Waals surface area contributed by atoms with E-state index in [0.717, 1.165) is 17.4 Å². The monoisotopic (exact) mass is 328 g/mol. The molecule has 102 valence electrons. The van der Waals surface area contributed by atoms with E-state index in [-0.39, 0.29) is 5.56 Å². The van der Waals surface area contributed by atoms with Gasteiger partial charge in [-0.2, -0.15) is 13.2 Å². The van der Waals surface area contributed by atoms with Gasteiger partial charge in [0.05, 0.1) is 16.0 Å². The molecule has 2 rings (SSSR count). The summed E-state index contributed by atoms with van der Waals surface area (Å²) in [6.45, 7) is 0. The van der Waals surface area contributed by atoms with Crippen molar-refractivity contribution >= 4 is 34.5 Å². The maximum Gasteiger partial charge on any atom is 0.416 e. The molecule has 0 radical (unpaired) electrons. The Morgan fingerprint density at radius 2 is 1.84 bits per heavy atom. The fourth-order valence-corrected chi connectivity index (χ4v) is 3.19. The van der Waals surface area contributed by atoms with E-state index in [1.165, 1.54) is 0 Å². The molecule has 0 spiro atoms. The molecule has 2 aromatic rings. The van der Waals surface area contributed by atoms with Gasteiger partial charge in [-0.3, -0.25) is 0 Å². The summed E-state index contributed by atoms with van der Waals surface area (Å²) in [5.74, 6) is -0.794. The molecule has 0 aliphatic heterocycles. The van der Waals surface area contributed by atoms with E-state index in [0.29, 0.717) is 22.0 Å². The second-order valence-electron chi connectivity index (χ2n) is 3.73. The number of thiophene rings is 1. The highest BCUT2D eigenvalue weighted by Crippen LogP contribution is 2.40. The molecule has 0 saturated heterocycles. The van der Waals surface area contributed by atoms with Crippen LogP contribution < -0.4 is 0 Å². The Hall–Kier alpha value is -0.780. The summed E-state index contributed by atoms with van der Waals surface area (Å²) in [5, 5.41) is 0.898. The lowest BCUT2D eigenvalue weighted by Gasteiger charge is -2.13. The zero-order valence-electron chi connectivity index (χ0n) is 9.14. The van der Waals surface area contributed by atoms with E-state index in [9.17, 15) is 17.6 Å². The van der Waals surface area contributed by atoms with Crippen LogP contribution in [0.25, 0.3) is 0 Å². The molecule has 0 fully saturated rings. The molecule has 0 aliphatic rings. The topological polar surface area (TPSA) is 0 Å². The first-order valence-electron chi connectivity index (χ1n) is 5.04. The molecule has 1 atom stereocenters. The van der Waals surface area contributed by atoms with Gasteiger partial charge in [0.2, 0.25) is 0 Å². The van der Waals surface area contributed by atoms with Crippen LogP contribution in [0.3, 0.4) is 0 Å². The predicted octanol–water partition coefficient (Wildman–Crippen LogP) is 5.89. The van der Waals surface area contributed by atoms with Crippen molar-refractivity contribution in [3.8, 4) is 0 Å². The van der Waals surface area contributed by atoms with Gasteiger partial charge in [0, 0.05) is 10.4 Å². The Bertz CT molecular complexity index is 592. The van der Waals surface area contributed by atoms with Crippen LogP contribution in [0.2, 0.25) is 5.02 Å². The Morgan fingerprint density at radius 3 is 2.37 bits per heavy atom. The minimum absolute atomic E-state index is 0.235. The van der Waals surface area contributed by atoms with E-state index in [2.05, 4.69) is 0 Å². The Balaban J connectivity index is 2.47. The number of rotatable bonds is 2. The average molecular weight is 329 g/mol. The van der Waals surface area contributed by atoms with Crippen LogP contribution in [-0.4, -0.2) is 0 Å². The van der Waals surface area contributed by atoms with E-state index in [1.807, 2.05) is 0 Å². The molecule has 0 nitrogen and oxygen atoms in total. The molecule has 19 heavy (non-hydrogen) atoms. The van der Waals surface area contributed by atoms with Crippen molar-refractivity contribution in [2.24, 2.45) is 0 Å². The quantitative estimate of drug-likeness (QED) is 0.476. The molecule has 0 bridgehead atoms. The lowest BCUT2D eigenvalue weighted by atomic mass is 10.1. The van der Waals surface area contributed by atoms with E-state index in [1.54, 1.807) is 11.4 Å². The van der Waals surface area contributed by atoms with Crippen molar-refractivity contribution in [3.63, 3.8) is 0 Å². The van der Waals surface area contributed by atoms with Crippen LogP contribution in [0.15, 0.2) is 29.6 Å². The molecule has 1 aromatic heterocycles. The van der Waals surface area contributed by atoms with Crippen LogP contribution in [0.1, 0.15) is 21.4 Å². The summed E-state index contributed by atoms with van der Waals surface area (Å²) in [4.78, 5) is 0.418. The summed E-state index contributed by atoms with van der Waals surface area (Å²) in [5.41, 5.74) is -1.18. The zero-order valence-corrected chi connectivity index (χ0v) is 11.5. The van der Waals surface area contributed by atoms with Crippen LogP contribution in [0.4, 0.5) is 17.6 Å². The highest BCUT2D eigenvalue weighted by Gasteiger charge is 2.32. The average Bonchev–Trinajstić information content (AvgIpc) is 2.73. The van der Waals surface area contributed by atoms with Gasteiger partial charge >= 0.3 is 6.18 Å². The van der Waals surface area contributed by atoms with Crippen LogP contribution in [0, 0.1) is 5.82 Å². The fraction of sp³-hybridized carbons (Fsp3) is 0.167. The van der Waals surface area contributed by atoms with Gasteiger partial charge in [-0.25, -0.2) is 4.39 Å². The van der Waals surface area contributed by atoms with Gasteiger partial charge < -0.3 is 0 Å². The third-order valence-electron chi connectivity index (χ3n) is 2.47. The minimum Gasteiger partial charge on any atom is -0.207 e. The third kappa shape index (κ3) is 3.04. The molecule has 1 aromatic carbocycles. The van der Waals surface area contributed by atoms with E-state index >= 15 is 0 Å². The van der Waals surface area contributed by atoms with E-state index < -0.39 is 22.9 Å². The van der Waals surface area contributed by atoms with Gasteiger partial charge in [0.25, 0.3) is 0 Å². The molecule has 0 aliphatic carbocycles. The normalized spacial score (nSPS) is 13.6. The van der Waals surface area contributed by atoms with Crippen molar-refractivity contribution in [2.45, 2.75) is 11.6 Å². The SMILES string of the molecule is Fc1ccc(C(F)(F)F)cc1C(Cl)c1sccc1Cl. The molecular formula is C12H6Cl2F4S. The minimum atomic E-state index is -4.54. The summed E-state index contributed by atoms with van der Waals surface area (Å²) in [7, 11) is 0. The van der Waals surface area contributed by atoms with Crippen LogP contribution >= 0.6 is 34.5 Å². The van der Waals surface area contributed by atoms with E-state index in [4.69, 9.17) is 23.2 Å². The number of hydrogen-bond acceptors (Lipinski definition) is 1. The number of alkyl halides is 4. The largest absolute Gasteiger partial charge is 0.416 e. The highest BCUT2D eigenvalue weighted by atomic mass is 35.5. The number of hydrogen-bond donors (Lipinski definition) is 0. The lowest BCUT2D eigenvalue weighted by molar-refractivity contribution is -0.137. The summed E-state index contributed by atoms with van der Waals surface area (Å²) in [6, 6.07) is 3.71. The van der Waals surface area contributed by atoms with Gasteiger partial charge in [0.1, 0.15) is 5.82 Å². The second kappa shape index (κ2) is 5.31. The Morgan fingerprint density at radius 1 is 1.16 bits per heavy atom. The highest BCUT2D eigenvalue weighted by molar-refractivity contribution is 7.11. The second-order valence-corrected chi connectivity index (χ2v) is 5.52. The van der Waals surface area contributed by atoms with Crippen molar-refractivity contribution in [3.05, 3.63) is 56.5 Å². The van der Waals surface area contributed by atoms with Gasteiger partial charge in [-0.05, 0) is 29.6 Å². The standard InChI is InChI=1S/C12H6Cl2F4S/c13-8-3-4-19-11(8)10(14)7-5-6(12(16,17)18)1-2-9(7)15/h1-5,10H. The van der Waals surface area contributed by atoms with Crippen molar-refractivity contribution in [1.29, 1.82) is 0 Å². The molecule has 0 amide bonds. The summed E-state index contributed by atoms with van der Waals surface area (Å²) in [6.07, 6.45) is -4.54. The molecule has 1 unspecified atom stereocenters. The lowest BCUT2D eigenvalue weighted by Crippen LogP contribution is -2.07. The van der Waals surface area contributed by atoms with Gasteiger partial charge in [0.15, 0.2) is 0 Å². The summed E-state index contributed by atoms with van der Waals surface area (Å²) >= 11 is 13.0. The first kappa shape index (κ1) is 14.6. The maximum atomic E-state index is 13.6. The Kier molecular flexibility index (Phi) is 4.08. The molecule has 1 heterocycles. The first-order chi connectivity index (χ1) is 8.80. The van der Waals surface area contributed by atoms with Crippen molar-refractivity contribution in [1.82, 2.24) is 0 Å².